The molecule has 30 heavy (non-hydrogen) atoms. The van der Waals surface area contributed by atoms with Crippen LogP contribution in [0.25, 0.3) is 0 Å². The number of methoxy groups -OCH3 is 1. The van der Waals surface area contributed by atoms with E-state index in [2.05, 4.69) is 43.6 Å². The molecule has 1 aromatic carbocycles. The Kier molecular flexibility index (Phi) is 9.73. The zero-order chi connectivity index (χ0) is 21.0. The molecule has 2 N–H and O–H groups in total. The molecule has 3 rings (SSSR count). The molecule has 1 aromatic rings. The van der Waals surface area contributed by atoms with E-state index in [1.807, 2.05) is 13.1 Å². The molecule has 0 aromatic heterocycles. The highest BCUT2D eigenvalue weighted by atomic mass is 16.5. The van der Waals surface area contributed by atoms with Gasteiger partial charge in [0.05, 0.1) is 26.4 Å². The van der Waals surface area contributed by atoms with E-state index in [1.54, 1.807) is 7.11 Å². The number of guanidine groups is 1. The lowest BCUT2D eigenvalue weighted by molar-refractivity contribution is 0.0372. The summed E-state index contributed by atoms with van der Waals surface area (Å²) in [6, 6.07) is 8.78. The number of morpholine rings is 1. The first-order chi connectivity index (χ1) is 14.8. The second kappa shape index (κ2) is 12.8. The van der Waals surface area contributed by atoms with Gasteiger partial charge in [0, 0.05) is 33.2 Å². The molecule has 2 heterocycles. The molecule has 0 aliphatic carbocycles. The summed E-state index contributed by atoms with van der Waals surface area (Å²) in [5, 5.41) is 7.03. The first-order valence-corrected chi connectivity index (χ1v) is 11.4. The lowest BCUT2D eigenvalue weighted by atomic mass is 10.1. The molecule has 0 spiro atoms. The summed E-state index contributed by atoms with van der Waals surface area (Å²) < 4.78 is 10.9. The number of nitrogens with one attached hydrogen (secondary N) is 2. The Balaban J connectivity index is 1.44. The van der Waals surface area contributed by atoms with Gasteiger partial charge in [-0.2, -0.15) is 0 Å². The van der Waals surface area contributed by atoms with Crippen LogP contribution in [0.15, 0.2) is 29.3 Å². The van der Waals surface area contributed by atoms with E-state index < -0.39 is 0 Å². The maximum absolute atomic E-state index is 5.45. The van der Waals surface area contributed by atoms with Crippen LogP contribution >= 0.6 is 0 Å². The predicted molar refractivity (Wildman–Crippen MR) is 122 cm³/mol. The molecule has 7 nitrogen and oxygen atoms in total. The first-order valence-electron chi connectivity index (χ1n) is 11.4. The number of nitrogens with zero attached hydrogens (tertiary/aromatic N) is 3. The molecule has 2 aliphatic heterocycles. The highest BCUT2D eigenvalue weighted by Crippen LogP contribution is 2.27. The van der Waals surface area contributed by atoms with Gasteiger partial charge in [-0.05, 0) is 63.0 Å². The van der Waals surface area contributed by atoms with Crippen LogP contribution in [0.3, 0.4) is 0 Å². The Morgan fingerprint density at radius 2 is 1.93 bits per heavy atom. The van der Waals surface area contributed by atoms with E-state index in [1.165, 1.54) is 24.8 Å². The minimum Gasteiger partial charge on any atom is -0.497 e. The minimum absolute atomic E-state index is 0.322. The number of likely N-dealkylation sites (tertiary alicyclic amines) is 1. The van der Waals surface area contributed by atoms with Crippen molar-refractivity contribution in [3.05, 3.63) is 29.8 Å². The van der Waals surface area contributed by atoms with Crippen molar-refractivity contribution in [3.8, 4) is 5.75 Å². The molecule has 7 heteroatoms. The van der Waals surface area contributed by atoms with E-state index in [0.29, 0.717) is 6.04 Å². The summed E-state index contributed by atoms with van der Waals surface area (Å²) >= 11 is 0. The summed E-state index contributed by atoms with van der Waals surface area (Å²) in [6.45, 7) is 9.12. The van der Waals surface area contributed by atoms with Gasteiger partial charge in [-0.1, -0.05) is 12.1 Å². The molecular weight excluding hydrogens is 378 g/mol. The molecule has 0 bridgehead atoms. The van der Waals surface area contributed by atoms with Crippen LogP contribution in [0.1, 0.15) is 37.3 Å². The third kappa shape index (κ3) is 7.15. The third-order valence-electron chi connectivity index (χ3n) is 6.04. The van der Waals surface area contributed by atoms with Crippen LogP contribution < -0.4 is 15.4 Å². The average molecular weight is 418 g/mol. The highest BCUT2D eigenvalue weighted by molar-refractivity contribution is 5.79. The maximum atomic E-state index is 5.45. The Hall–Kier alpha value is -1.83. The van der Waals surface area contributed by atoms with Gasteiger partial charge in [0.15, 0.2) is 5.96 Å². The predicted octanol–water partition coefficient (Wildman–Crippen LogP) is 2.11. The molecule has 168 valence electrons. The fourth-order valence-corrected chi connectivity index (χ4v) is 4.27. The summed E-state index contributed by atoms with van der Waals surface area (Å²) in [5.41, 5.74) is 1.30. The van der Waals surface area contributed by atoms with Gasteiger partial charge < -0.3 is 20.1 Å². The number of hydrogen-bond acceptors (Lipinski definition) is 5. The van der Waals surface area contributed by atoms with Crippen molar-refractivity contribution in [3.63, 3.8) is 0 Å². The Bertz CT molecular complexity index is 642. The van der Waals surface area contributed by atoms with Crippen LogP contribution in [0.4, 0.5) is 0 Å². The van der Waals surface area contributed by atoms with Gasteiger partial charge in [0.1, 0.15) is 5.75 Å². The summed E-state index contributed by atoms with van der Waals surface area (Å²) in [7, 11) is 3.58. The summed E-state index contributed by atoms with van der Waals surface area (Å²) in [4.78, 5) is 9.48. The normalized spacial score (nSPS) is 19.6. The zero-order valence-electron chi connectivity index (χ0n) is 18.7. The van der Waals surface area contributed by atoms with Gasteiger partial charge in [-0.3, -0.25) is 14.8 Å². The fraction of sp³-hybridized carbons (Fsp3) is 0.696. The quantitative estimate of drug-likeness (QED) is 0.345. The average Bonchev–Trinajstić information content (AvgIpc) is 3.33. The largest absolute Gasteiger partial charge is 0.497 e. The molecule has 0 saturated carbocycles. The lowest BCUT2D eigenvalue weighted by Crippen LogP contribution is -2.43. The number of benzene rings is 1. The fourth-order valence-electron chi connectivity index (χ4n) is 4.27. The van der Waals surface area contributed by atoms with Crippen molar-refractivity contribution in [2.45, 2.75) is 31.7 Å². The van der Waals surface area contributed by atoms with E-state index in [0.717, 1.165) is 77.2 Å². The molecular formula is C23H39N5O2. The van der Waals surface area contributed by atoms with Gasteiger partial charge >= 0.3 is 0 Å². The number of ether oxygens (including phenoxy) is 2. The Labute approximate surface area is 181 Å². The second-order valence-corrected chi connectivity index (χ2v) is 8.08. The van der Waals surface area contributed by atoms with Crippen molar-refractivity contribution in [1.82, 2.24) is 20.4 Å². The van der Waals surface area contributed by atoms with E-state index in [9.17, 15) is 0 Å². The summed E-state index contributed by atoms with van der Waals surface area (Å²) in [6.07, 6.45) is 4.89. The highest BCUT2D eigenvalue weighted by Gasteiger charge is 2.24. The molecule has 2 aliphatic rings. The van der Waals surface area contributed by atoms with Crippen LogP contribution in [-0.4, -0.2) is 88.9 Å². The van der Waals surface area contributed by atoms with Crippen molar-refractivity contribution in [1.29, 1.82) is 0 Å². The standard InChI is InChI=1S/C23H39N5O2/c1-24-23(25-10-3-4-11-27-14-16-30-17-15-27)26-19-22(28-12-5-6-13-28)20-8-7-9-21(18-20)29-2/h7-9,18,22H,3-6,10-17,19H2,1-2H3,(H2,24,25,26). The van der Waals surface area contributed by atoms with E-state index >= 15 is 0 Å². The van der Waals surface area contributed by atoms with Crippen LogP contribution in [0, 0.1) is 0 Å². The molecule has 1 unspecified atom stereocenters. The smallest absolute Gasteiger partial charge is 0.191 e. The van der Waals surface area contributed by atoms with Gasteiger partial charge in [-0.15, -0.1) is 0 Å². The minimum atomic E-state index is 0.322. The molecule has 0 radical (unpaired) electrons. The van der Waals surface area contributed by atoms with Gasteiger partial charge in [-0.25, -0.2) is 0 Å². The van der Waals surface area contributed by atoms with Crippen molar-refractivity contribution in [2.24, 2.45) is 4.99 Å². The van der Waals surface area contributed by atoms with Crippen LogP contribution in [0.2, 0.25) is 0 Å². The molecule has 2 saturated heterocycles. The monoisotopic (exact) mass is 417 g/mol. The van der Waals surface area contributed by atoms with E-state index in [4.69, 9.17) is 9.47 Å². The maximum Gasteiger partial charge on any atom is 0.191 e. The Morgan fingerprint density at radius 1 is 1.13 bits per heavy atom. The summed E-state index contributed by atoms with van der Waals surface area (Å²) in [5.74, 6) is 1.80. The molecule has 1 atom stereocenters. The second-order valence-electron chi connectivity index (χ2n) is 8.08. The van der Waals surface area contributed by atoms with Crippen molar-refractivity contribution >= 4 is 5.96 Å². The van der Waals surface area contributed by atoms with E-state index in [-0.39, 0.29) is 0 Å². The topological polar surface area (TPSA) is 61.4 Å². The molecule has 0 amide bonds. The third-order valence-corrected chi connectivity index (χ3v) is 6.04. The van der Waals surface area contributed by atoms with Crippen LogP contribution in [-0.2, 0) is 4.74 Å². The first kappa shape index (κ1) is 22.8. The number of unbranched alkanes of at least 4 members (excludes halogenated alkanes) is 1. The SMILES string of the molecule is CN=C(NCCCCN1CCOCC1)NCC(c1cccc(OC)c1)N1CCCC1. The van der Waals surface area contributed by atoms with Crippen molar-refractivity contribution in [2.75, 3.05) is 73.2 Å². The lowest BCUT2D eigenvalue weighted by Gasteiger charge is -2.29. The van der Waals surface area contributed by atoms with Crippen molar-refractivity contribution < 1.29 is 9.47 Å². The van der Waals surface area contributed by atoms with Crippen LogP contribution in [0.5, 0.6) is 5.75 Å². The molecule has 2 fully saturated rings. The number of aliphatic imine (C=N–C) groups is 1. The van der Waals surface area contributed by atoms with Gasteiger partial charge in [0.25, 0.3) is 0 Å². The number of rotatable bonds is 10. The van der Waals surface area contributed by atoms with Gasteiger partial charge in [0.2, 0.25) is 0 Å². The zero-order valence-corrected chi connectivity index (χ0v) is 18.7. The Morgan fingerprint density at radius 3 is 2.67 bits per heavy atom. The number of hydrogen-bond donors (Lipinski definition) is 2.